The Labute approximate surface area is 132 Å². The van der Waals surface area contributed by atoms with Crippen LogP contribution in [0.25, 0.3) is 0 Å². The molecule has 0 N–H and O–H groups in total. The van der Waals surface area contributed by atoms with Gasteiger partial charge in [-0.2, -0.15) is 0 Å². The molecule has 0 bridgehead atoms. The summed E-state index contributed by atoms with van der Waals surface area (Å²) in [6.07, 6.45) is 0.729. The van der Waals surface area contributed by atoms with E-state index in [4.69, 9.17) is 4.74 Å². The van der Waals surface area contributed by atoms with E-state index in [1.165, 1.54) is 16.7 Å². The van der Waals surface area contributed by atoms with Crippen LogP contribution in [0.4, 0.5) is 0 Å². The van der Waals surface area contributed by atoms with Crippen molar-refractivity contribution in [1.82, 2.24) is 0 Å². The second-order valence-corrected chi connectivity index (χ2v) is 6.52. The first-order chi connectivity index (χ1) is 10.5. The second-order valence-electron chi connectivity index (χ2n) is 6.52. The third kappa shape index (κ3) is 2.54. The molecule has 1 unspecified atom stereocenters. The molecule has 114 valence electrons. The van der Waals surface area contributed by atoms with Crippen LogP contribution in [0.3, 0.4) is 0 Å². The second kappa shape index (κ2) is 5.60. The van der Waals surface area contributed by atoms with Gasteiger partial charge in [0.15, 0.2) is 0 Å². The Kier molecular flexibility index (Phi) is 3.78. The van der Waals surface area contributed by atoms with E-state index in [1.807, 2.05) is 25.1 Å². The molecule has 2 aromatic rings. The van der Waals surface area contributed by atoms with Gasteiger partial charge in [-0.05, 0) is 48.4 Å². The van der Waals surface area contributed by atoms with Crippen molar-refractivity contribution in [2.24, 2.45) is 0 Å². The summed E-state index contributed by atoms with van der Waals surface area (Å²) in [4.78, 5) is 12.5. The summed E-state index contributed by atoms with van der Waals surface area (Å²) in [5, 5.41) is 0. The number of carbonyl (C=O) groups is 1. The van der Waals surface area contributed by atoms with Crippen LogP contribution in [0.15, 0.2) is 36.4 Å². The normalized spacial score (nSPS) is 17.3. The Hall–Kier alpha value is -2.09. The molecule has 0 saturated heterocycles. The van der Waals surface area contributed by atoms with Crippen molar-refractivity contribution in [2.75, 3.05) is 0 Å². The highest BCUT2D eigenvalue weighted by atomic mass is 16.5. The number of carbonyl (C=O) groups excluding carboxylic acids is 1. The SMILES string of the molecule is Cc1ccc(C2Cc3c(C(C)C)ccc(C)c3OC2=O)cc1. The molecule has 0 amide bonds. The molecule has 0 aliphatic carbocycles. The minimum absolute atomic E-state index is 0.139. The van der Waals surface area contributed by atoms with Crippen molar-refractivity contribution < 1.29 is 9.53 Å². The molecule has 0 saturated carbocycles. The number of benzene rings is 2. The van der Waals surface area contributed by atoms with E-state index in [0.29, 0.717) is 5.92 Å². The van der Waals surface area contributed by atoms with Gasteiger partial charge in [0.25, 0.3) is 0 Å². The smallest absolute Gasteiger partial charge is 0.319 e. The predicted molar refractivity (Wildman–Crippen MR) is 88.5 cm³/mol. The molecule has 1 aliphatic heterocycles. The van der Waals surface area contributed by atoms with Crippen LogP contribution in [0.2, 0.25) is 0 Å². The number of ether oxygens (including phenoxy) is 1. The van der Waals surface area contributed by atoms with Crippen LogP contribution >= 0.6 is 0 Å². The standard InChI is InChI=1S/C20H22O2/c1-12(2)16-10-7-14(4)19-18(16)11-17(20(21)22-19)15-8-5-13(3)6-9-15/h5-10,12,17H,11H2,1-4H3. The molecule has 0 spiro atoms. The zero-order valence-corrected chi connectivity index (χ0v) is 13.6. The molecular weight excluding hydrogens is 272 g/mol. The summed E-state index contributed by atoms with van der Waals surface area (Å²) in [6.45, 7) is 8.42. The van der Waals surface area contributed by atoms with Gasteiger partial charge in [-0.1, -0.05) is 55.8 Å². The van der Waals surface area contributed by atoms with Crippen molar-refractivity contribution in [3.63, 3.8) is 0 Å². The molecule has 22 heavy (non-hydrogen) atoms. The maximum absolute atomic E-state index is 12.5. The van der Waals surface area contributed by atoms with E-state index < -0.39 is 0 Å². The van der Waals surface area contributed by atoms with Gasteiger partial charge in [0.1, 0.15) is 5.75 Å². The largest absolute Gasteiger partial charge is 0.425 e. The summed E-state index contributed by atoms with van der Waals surface area (Å²) >= 11 is 0. The van der Waals surface area contributed by atoms with E-state index in [9.17, 15) is 4.79 Å². The van der Waals surface area contributed by atoms with Crippen LogP contribution in [-0.4, -0.2) is 5.97 Å². The van der Waals surface area contributed by atoms with E-state index >= 15 is 0 Å². The molecular formula is C20H22O2. The Morgan fingerprint density at radius 2 is 1.73 bits per heavy atom. The number of fused-ring (bicyclic) bond motifs is 1. The Morgan fingerprint density at radius 3 is 2.36 bits per heavy atom. The van der Waals surface area contributed by atoms with Gasteiger partial charge in [-0.25, -0.2) is 0 Å². The first-order valence-corrected chi connectivity index (χ1v) is 7.88. The highest BCUT2D eigenvalue weighted by Crippen LogP contribution is 2.39. The summed E-state index contributed by atoms with van der Waals surface area (Å²) in [5.74, 6) is 0.858. The Morgan fingerprint density at radius 1 is 1.05 bits per heavy atom. The van der Waals surface area contributed by atoms with E-state index in [1.54, 1.807) is 0 Å². The minimum atomic E-state index is -0.201. The number of hydrogen-bond acceptors (Lipinski definition) is 2. The van der Waals surface area contributed by atoms with Gasteiger partial charge < -0.3 is 4.74 Å². The van der Waals surface area contributed by atoms with Crippen molar-refractivity contribution in [3.8, 4) is 5.75 Å². The van der Waals surface area contributed by atoms with E-state index in [0.717, 1.165) is 23.3 Å². The lowest BCUT2D eigenvalue weighted by Crippen LogP contribution is -2.27. The Balaban J connectivity index is 2.05. The molecule has 1 aliphatic rings. The third-order valence-corrected chi connectivity index (χ3v) is 4.49. The number of hydrogen-bond donors (Lipinski definition) is 0. The first-order valence-electron chi connectivity index (χ1n) is 7.88. The topological polar surface area (TPSA) is 26.3 Å². The van der Waals surface area contributed by atoms with E-state index in [-0.39, 0.29) is 11.9 Å². The average Bonchev–Trinajstić information content (AvgIpc) is 2.48. The Bertz CT molecular complexity index is 711. The lowest BCUT2D eigenvalue weighted by atomic mass is 9.84. The van der Waals surface area contributed by atoms with Crippen LogP contribution in [0, 0.1) is 13.8 Å². The van der Waals surface area contributed by atoms with Gasteiger partial charge in [0, 0.05) is 0 Å². The van der Waals surface area contributed by atoms with Gasteiger partial charge in [0.2, 0.25) is 0 Å². The number of aryl methyl sites for hydroxylation is 2. The molecule has 2 aromatic carbocycles. The molecule has 2 nitrogen and oxygen atoms in total. The van der Waals surface area contributed by atoms with Crippen LogP contribution < -0.4 is 4.74 Å². The summed E-state index contributed by atoms with van der Waals surface area (Å²) in [5.41, 5.74) is 5.75. The first kappa shape index (κ1) is 14.8. The third-order valence-electron chi connectivity index (χ3n) is 4.49. The highest BCUT2D eigenvalue weighted by Gasteiger charge is 2.32. The minimum Gasteiger partial charge on any atom is -0.425 e. The quantitative estimate of drug-likeness (QED) is 0.594. The summed E-state index contributed by atoms with van der Waals surface area (Å²) in [6, 6.07) is 12.4. The van der Waals surface area contributed by atoms with Gasteiger partial charge in [0.05, 0.1) is 5.92 Å². The zero-order valence-electron chi connectivity index (χ0n) is 13.6. The molecule has 0 aromatic heterocycles. The zero-order chi connectivity index (χ0) is 15.9. The van der Waals surface area contributed by atoms with Crippen molar-refractivity contribution in [1.29, 1.82) is 0 Å². The van der Waals surface area contributed by atoms with Crippen molar-refractivity contribution >= 4 is 5.97 Å². The van der Waals surface area contributed by atoms with Gasteiger partial charge in [-0.15, -0.1) is 0 Å². The lowest BCUT2D eigenvalue weighted by molar-refractivity contribution is -0.137. The monoisotopic (exact) mass is 294 g/mol. The average molecular weight is 294 g/mol. The predicted octanol–water partition coefficient (Wildman–Crippen LogP) is 4.67. The number of esters is 1. The van der Waals surface area contributed by atoms with Gasteiger partial charge in [-0.3, -0.25) is 4.79 Å². The molecule has 0 fully saturated rings. The fourth-order valence-electron chi connectivity index (χ4n) is 3.17. The van der Waals surface area contributed by atoms with E-state index in [2.05, 4.69) is 39.0 Å². The number of rotatable bonds is 2. The van der Waals surface area contributed by atoms with Crippen molar-refractivity contribution in [3.05, 3.63) is 64.2 Å². The van der Waals surface area contributed by atoms with Crippen LogP contribution in [-0.2, 0) is 11.2 Å². The lowest BCUT2D eigenvalue weighted by Gasteiger charge is -2.28. The maximum atomic E-state index is 12.5. The molecule has 1 atom stereocenters. The van der Waals surface area contributed by atoms with Gasteiger partial charge >= 0.3 is 5.97 Å². The molecule has 0 radical (unpaired) electrons. The summed E-state index contributed by atoms with van der Waals surface area (Å²) in [7, 11) is 0. The van der Waals surface area contributed by atoms with Crippen LogP contribution in [0.5, 0.6) is 5.75 Å². The molecule has 3 rings (SSSR count). The molecule has 1 heterocycles. The maximum Gasteiger partial charge on any atom is 0.319 e. The highest BCUT2D eigenvalue weighted by molar-refractivity contribution is 5.84. The fraction of sp³-hybridized carbons (Fsp3) is 0.350. The molecule has 2 heteroatoms. The van der Waals surface area contributed by atoms with Crippen LogP contribution in [0.1, 0.15) is 53.5 Å². The fourth-order valence-corrected chi connectivity index (χ4v) is 3.17. The van der Waals surface area contributed by atoms with Crippen molar-refractivity contribution in [2.45, 2.75) is 46.0 Å². The summed E-state index contributed by atoms with van der Waals surface area (Å²) < 4.78 is 5.71.